The summed E-state index contributed by atoms with van der Waals surface area (Å²) in [5.74, 6) is -0.605. The number of nitrogens with zero attached hydrogens (tertiary/aromatic N) is 3. The maximum absolute atomic E-state index is 12.9. The molecule has 2 aliphatic heterocycles. The minimum atomic E-state index is -0.541. The molecule has 0 spiro atoms. The molecule has 4 rings (SSSR count). The van der Waals surface area contributed by atoms with Crippen LogP contribution in [0.1, 0.15) is 36.9 Å². The van der Waals surface area contributed by atoms with Gasteiger partial charge in [0.25, 0.3) is 0 Å². The number of allylic oxidation sites excluding steroid dienone is 1. The first-order valence-corrected chi connectivity index (χ1v) is 11.7. The van der Waals surface area contributed by atoms with E-state index in [4.69, 9.17) is 21.3 Å². The summed E-state index contributed by atoms with van der Waals surface area (Å²) >= 11 is 8.00. The second-order valence-corrected chi connectivity index (χ2v) is 8.68. The van der Waals surface area contributed by atoms with Crippen molar-refractivity contribution in [3.8, 4) is 0 Å². The van der Waals surface area contributed by atoms with E-state index >= 15 is 0 Å². The van der Waals surface area contributed by atoms with E-state index in [2.05, 4.69) is 10.3 Å². The third kappa shape index (κ3) is 4.82. The smallest absolute Gasteiger partial charge is 0.338 e. The lowest BCUT2D eigenvalue weighted by Gasteiger charge is -2.36. The van der Waals surface area contributed by atoms with Crippen molar-refractivity contribution in [2.75, 3.05) is 7.11 Å². The van der Waals surface area contributed by atoms with Gasteiger partial charge in [-0.1, -0.05) is 54.6 Å². The van der Waals surface area contributed by atoms with Crippen LogP contribution in [0.15, 0.2) is 76.2 Å². The van der Waals surface area contributed by atoms with Crippen molar-refractivity contribution < 1.29 is 14.3 Å². The lowest BCUT2D eigenvalue weighted by Crippen LogP contribution is -2.38. The molecule has 1 N–H and O–H groups in total. The highest BCUT2D eigenvalue weighted by atomic mass is 35.5. The van der Waals surface area contributed by atoms with Crippen LogP contribution >= 0.6 is 23.4 Å². The number of halogens is 1. The molecule has 2 aliphatic rings. The summed E-state index contributed by atoms with van der Waals surface area (Å²) in [5.41, 5.74) is 3.49. The first-order valence-electron chi connectivity index (χ1n) is 10.5. The van der Waals surface area contributed by atoms with Crippen molar-refractivity contribution >= 4 is 40.4 Å². The largest absolute Gasteiger partial charge is 0.466 e. The highest BCUT2D eigenvalue weighted by Gasteiger charge is 2.42. The Morgan fingerprint density at radius 2 is 2.06 bits per heavy atom. The Morgan fingerprint density at radius 1 is 1.24 bits per heavy atom. The third-order valence-corrected chi connectivity index (χ3v) is 6.62. The van der Waals surface area contributed by atoms with Gasteiger partial charge in [0.15, 0.2) is 5.17 Å². The van der Waals surface area contributed by atoms with Gasteiger partial charge in [0.2, 0.25) is 5.91 Å². The van der Waals surface area contributed by atoms with Gasteiger partial charge in [0.05, 0.1) is 30.8 Å². The molecule has 1 aromatic carbocycles. The zero-order valence-electron chi connectivity index (χ0n) is 18.2. The van der Waals surface area contributed by atoms with Crippen molar-refractivity contribution in [2.45, 2.75) is 32.4 Å². The fraction of sp³-hybridized carbons (Fsp3) is 0.250. The molecule has 0 bridgehead atoms. The van der Waals surface area contributed by atoms with Gasteiger partial charge < -0.3 is 15.0 Å². The number of nitrogens with one attached hydrogen (secondary N) is 1. The van der Waals surface area contributed by atoms with Crippen LogP contribution in [0.2, 0.25) is 5.02 Å². The van der Waals surface area contributed by atoms with Crippen molar-refractivity contribution in [3.63, 3.8) is 0 Å². The first-order chi connectivity index (χ1) is 16.0. The number of aliphatic imine (C=N–C) groups is 1. The summed E-state index contributed by atoms with van der Waals surface area (Å²) in [5, 5.41) is 6.06. The van der Waals surface area contributed by atoms with Crippen LogP contribution in [0.25, 0.3) is 0 Å². The average molecular weight is 483 g/mol. The van der Waals surface area contributed by atoms with E-state index in [0.29, 0.717) is 34.4 Å². The maximum Gasteiger partial charge on any atom is 0.338 e. The highest BCUT2D eigenvalue weighted by Crippen LogP contribution is 2.46. The van der Waals surface area contributed by atoms with Gasteiger partial charge in [-0.3, -0.25) is 9.78 Å². The van der Waals surface area contributed by atoms with E-state index in [-0.39, 0.29) is 12.3 Å². The molecule has 0 saturated carbocycles. The van der Waals surface area contributed by atoms with Crippen LogP contribution in [0, 0.1) is 0 Å². The van der Waals surface area contributed by atoms with Crippen molar-refractivity contribution in [1.29, 1.82) is 0 Å². The number of rotatable bonds is 7. The number of carbonyl (C=O) groups excluding carboxylic acids is 2. The van der Waals surface area contributed by atoms with Gasteiger partial charge >= 0.3 is 5.97 Å². The molecule has 2 aromatic rings. The van der Waals surface area contributed by atoms with E-state index < -0.39 is 12.0 Å². The molecule has 0 unspecified atom stereocenters. The SMILES string of the molecule is CCC1=C(C(=O)OC)[C@@H](c2ccccc2Cl)N2C(CC(=O)NCc3cccnc3)=CSC2=N1. The molecule has 170 valence electrons. The van der Waals surface area contributed by atoms with Gasteiger partial charge in [0, 0.05) is 29.7 Å². The molecule has 0 fully saturated rings. The maximum atomic E-state index is 12.9. The van der Waals surface area contributed by atoms with Crippen LogP contribution in [-0.2, 0) is 20.9 Å². The summed E-state index contributed by atoms with van der Waals surface area (Å²) in [7, 11) is 1.35. The molecule has 7 nitrogen and oxygen atoms in total. The number of thioether (sulfide) groups is 1. The number of benzene rings is 1. The van der Waals surface area contributed by atoms with E-state index in [0.717, 1.165) is 16.8 Å². The number of aromatic nitrogens is 1. The fourth-order valence-corrected chi connectivity index (χ4v) is 5.01. The highest BCUT2D eigenvalue weighted by molar-refractivity contribution is 8.16. The molecule has 9 heteroatoms. The Labute approximate surface area is 201 Å². The lowest BCUT2D eigenvalue weighted by molar-refractivity contribution is -0.136. The van der Waals surface area contributed by atoms with Gasteiger partial charge in [-0.2, -0.15) is 0 Å². The minimum Gasteiger partial charge on any atom is -0.466 e. The van der Waals surface area contributed by atoms with Crippen LogP contribution < -0.4 is 5.32 Å². The Morgan fingerprint density at radius 3 is 2.76 bits per heavy atom. The number of hydrogen-bond donors (Lipinski definition) is 1. The molecule has 3 heterocycles. The normalized spacial score (nSPS) is 17.3. The van der Waals surface area contributed by atoms with Crippen LogP contribution in [-0.4, -0.2) is 34.0 Å². The molecule has 0 saturated heterocycles. The van der Waals surface area contributed by atoms with Crippen LogP contribution in [0.5, 0.6) is 0 Å². The van der Waals surface area contributed by atoms with Crippen LogP contribution in [0.3, 0.4) is 0 Å². The Bertz CT molecular complexity index is 1160. The Hall–Kier alpha value is -3.10. The number of esters is 1. The molecule has 1 atom stereocenters. The second kappa shape index (κ2) is 10.2. The molecule has 1 amide bonds. The number of ether oxygens (including phenoxy) is 1. The summed E-state index contributed by atoms with van der Waals surface area (Å²) in [6.07, 6.45) is 4.09. The van der Waals surface area contributed by atoms with Crippen molar-refractivity contribution in [1.82, 2.24) is 15.2 Å². The molecular formula is C24H23ClN4O3S. The quantitative estimate of drug-likeness (QED) is 0.581. The number of methoxy groups -OCH3 is 1. The standard InChI is InChI=1S/C24H23ClN4O3S/c1-3-19-21(23(31)32-2)22(17-8-4-5-9-18(17)25)29-16(14-33-24(29)28-19)11-20(30)27-13-15-7-6-10-26-12-15/h4-10,12,14,22H,3,11,13H2,1-2H3,(H,27,30)/t22-/m1/s1. The monoisotopic (exact) mass is 482 g/mol. The average Bonchev–Trinajstić information content (AvgIpc) is 3.24. The fourth-order valence-electron chi connectivity index (χ4n) is 3.83. The molecule has 33 heavy (non-hydrogen) atoms. The minimum absolute atomic E-state index is 0.128. The molecule has 0 aliphatic carbocycles. The Kier molecular flexibility index (Phi) is 7.15. The molecule has 0 radical (unpaired) electrons. The Balaban J connectivity index is 1.65. The topological polar surface area (TPSA) is 83.9 Å². The van der Waals surface area contributed by atoms with E-state index in [1.807, 2.05) is 47.6 Å². The third-order valence-electron chi connectivity index (χ3n) is 5.38. The van der Waals surface area contributed by atoms with Gasteiger partial charge in [-0.25, -0.2) is 9.79 Å². The predicted molar refractivity (Wildman–Crippen MR) is 129 cm³/mol. The second-order valence-electron chi connectivity index (χ2n) is 7.44. The van der Waals surface area contributed by atoms with Crippen molar-refractivity contribution in [3.05, 3.63) is 87.3 Å². The zero-order chi connectivity index (χ0) is 23.4. The number of amidine groups is 1. The van der Waals surface area contributed by atoms with Crippen molar-refractivity contribution in [2.24, 2.45) is 4.99 Å². The molecular weight excluding hydrogens is 460 g/mol. The number of pyridine rings is 1. The predicted octanol–water partition coefficient (Wildman–Crippen LogP) is 4.58. The van der Waals surface area contributed by atoms with Gasteiger partial charge in [-0.15, -0.1) is 0 Å². The summed E-state index contributed by atoms with van der Waals surface area (Å²) in [6.45, 7) is 2.33. The summed E-state index contributed by atoms with van der Waals surface area (Å²) in [6, 6.07) is 10.6. The van der Waals surface area contributed by atoms with Crippen LogP contribution in [0.4, 0.5) is 0 Å². The summed E-state index contributed by atoms with van der Waals surface area (Å²) < 4.78 is 5.12. The number of fused-ring (bicyclic) bond motifs is 1. The van der Waals surface area contributed by atoms with Gasteiger partial charge in [-0.05, 0) is 35.1 Å². The number of carbonyl (C=O) groups is 2. The van der Waals surface area contributed by atoms with Gasteiger partial charge in [0.1, 0.15) is 0 Å². The van der Waals surface area contributed by atoms with E-state index in [1.54, 1.807) is 18.5 Å². The van der Waals surface area contributed by atoms with E-state index in [9.17, 15) is 9.59 Å². The zero-order valence-corrected chi connectivity index (χ0v) is 19.8. The number of amides is 1. The lowest BCUT2D eigenvalue weighted by atomic mass is 9.93. The summed E-state index contributed by atoms with van der Waals surface area (Å²) in [4.78, 5) is 36.4. The molecule has 1 aromatic heterocycles. The number of hydrogen-bond acceptors (Lipinski definition) is 7. The first kappa shape index (κ1) is 23.1. The van der Waals surface area contributed by atoms with E-state index in [1.165, 1.54) is 18.9 Å².